The van der Waals surface area contributed by atoms with Crippen LogP contribution in [0.5, 0.6) is 11.5 Å². The molecule has 1 spiro atoms. The van der Waals surface area contributed by atoms with Crippen LogP contribution in [0, 0.1) is 0 Å². The number of halogens is 2. The Labute approximate surface area is 175 Å². The molecule has 1 saturated heterocycles. The topological polar surface area (TPSA) is 71.1 Å². The Morgan fingerprint density at radius 3 is 2.43 bits per heavy atom. The van der Waals surface area contributed by atoms with E-state index in [2.05, 4.69) is 10.1 Å². The van der Waals surface area contributed by atoms with Gasteiger partial charge < -0.3 is 14.8 Å². The second-order valence-electron chi connectivity index (χ2n) is 8.03. The molecule has 166 valence electrons. The standard InChI is InChI=1S/C21H29F2N3O4/c1-25(13-15-8-9-16(29-2)17(12-15)30-19(22)23)14-26-18(27)21(24-20(26)28)10-6-4-3-5-7-11-21/h8-9,12,19H,3-7,10-11,13-14H2,1-2H3,(H,24,28). The molecule has 1 N–H and O–H groups in total. The van der Waals surface area contributed by atoms with Gasteiger partial charge in [-0.1, -0.05) is 38.2 Å². The van der Waals surface area contributed by atoms with Crippen LogP contribution in [0.15, 0.2) is 18.2 Å². The van der Waals surface area contributed by atoms with Crippen molar-refractivity contribution in [3.63, 3.8) is 0 Å². The van der Waals surface area contributed by atoms with Crippen molar-refractivity contribution in [2.75, 3.05) is 20.8 Å². The first-order valence-corrected chi connectivity index (χ1v) is 10.3. The van der Waals surface area contributed by atoms with E-state index in [1.807, 2.05) is 0 Å². The SMILES string of the molecule is COc1ccc(CN(C)CN2C(=O)NC3(CCCCCCC3)C2=O)cc1OC(F)F. The fraction of sp³-hybridized carbons (Fsp3) is 0.619. The van der Waals surface area contributed by atoms with Gasteiger partial charge in [-0.05, 0) is 37.6 Å². The van der Waals surface area contributed by atoms with Crippen LogP contribution in [-0.2, 0) is 11.3 Å². The number of methoxy groups -OCH3 is 1. The van der Waals surface area contributed by atoms with E-state index in [0.717, 1.165) is 25.7 Å². The summed E-state index contributed by atoms with van der Waals surface area (Å²) in [6, 6.07) is 4.39. The van der Waals surface area contributed by atoms with Crippen LogP contribution in [0.4, 0.5) is 13.6 Å². The summed E-state index contributed by atoms with van der Waals surface area (Å²) in [4.78, 5) is 28.7. The minimum Gasteiger partial charge on any atom is -0.493 e. The molecule has 7 nitrogen and oxygen atoms in total. The van der Waals surface area contributed by atoms with E-state index in [0.29, 0.717) is 24.9 Å². The lowest BCUT2D eigenvalue weighted by Gasteiger charge is -2.29. The molecule has 1 aromatic rings. The first-order valence-electron chi connectivity index (χ1n) is 10.3. The number of alkyl halides is 2. The first kappa shape index (κ1) is 22.3. The third-order valence-electron chi connectivity index (χ3n) is 5.73. The maximum atomic E-state index is 13.1. The van der Waals surface area contributed by atoms with E-state index in [4.69, 9.17) is 4.74 Å². The van der Waals surface area contributed by atoms with Gasteiger partial charge in [-0.15, -0.1) is 0 Å². The molecule has 1 aromatic carbocycles. The molecule has 1 aliphatic carbocycles. The summed E-state index contributed by atoms with van der Waals surface area (Å²) in [5.74, 6) is -0.0124. The average molecular weight is 425 g/mol. The van der Waals surface area contributed by atoms with Gasteiger partial charge in [0.2, 0.25) is 0 Å². The largest absolute Gasteiger partial charge is 0.493 e. The van der Waals surface area contributed by atoms with E-state index in [-0.39, 0.29) is 30.1 Å². The Kier molecular flexibility index (Phi) is 7.12. The van der Waals surface area contributed by atoms with Crippen molar-refractivity contribution >= 4 is 11.9 Å². The fourth-order valence-corrected chi connectivity index (χ4v) is 4.26. The summed E-state index contributed by atoms with van der Waals surface area (Å²) in [6.45, 7) is -2.50. The van der Waals surface area contributed by atoms with Crippen molar-refractivity contribution < 1.29 is 27.8 Å². The summed E-state index contributed by atoms with van der Waals surface area (Å²) >= 11 is 0. The fourth-order valence-electron chi connectivity index (χ4n) is 4.26. The lowest BCUT2D eigenvalue weighted by molar-refractivity contribution is -0.133. The predicted octanol–water partition coefficient (Wildman–Crippen LogP) is 3.72. The van der Waals surface area contributed by atoms with Gasteiger partial charge in [-0.2, -0.15) is 8.78 Å². The zero-order valence-corrected chi connectivity index (χ0v) is 17.5. The van der Waals surface area contributed by atoms with Gasteiger partial charge in [0, 0.05) is 6.54 Å². The molecule has 0 unspecified atom stereocenters. The van der Waals surface area contributed by atoms with E-state index < -0.39 is 12.2 Å². The predicted molar refractivity (Wildman–Crippen MR) is 106 cm³/mol. The Bertz CT molecular complexity index is 767. The number of imide groups is 1. The minimum absolute atomic E-state index is 0.0538. The molecule has 1 aliphatic heterocycles. The second kappa shape index (κ2) is 9.59. The number of nitrogens with one attached hydrogen (secondary N) is 1. The molecule has 1 heterocycles. The molecule has 0 bridgehead atoms. The number of hydrogen-bond donors (Lipinski definition) is 1. The van der Waals surface area contributed by atoms with Crippen molar-refractivity contribution in [2.24, 2.45) is 0 Å². The molecule has 9 heteroatoms. The van der Waals surface area contributed by atoms with Crippen LogP contribution in [-0.4, -0.2) is 54.7 Å². The zero-order chi connectivity index (χ0) is 21.7. The smallest absolute Gasteiger partial charge is 0.387 e. The van der Waals surface area contributed by atoms with E-state index >= 15 is 0 Å². The normalized spacial score (nSPS) is 19.2. The third kappa shape index (κ3) is 5.00. The molecular weight excluding hydrogens is 396 g/mol. The number of urea groups is 1. The van der Waals surface area contributed by atoms with Gasteiger partial charge >= 0.3 is 12.6 Å². The van der Waals surface area contributed by atoms with Crippen LogP contribution in [0.2, 0.25) is 0 Å². The maximum absolute atomic E-state index is 13.1. The summed E-state index contributed by atoms with van der Waals surface area (Å²) in [6.07, 6.45) is 6.51. The quantitative estimate of drug-likeness (QED) is 0.675. The highest BCUT2D eigenvalue weighted by molar-refractivity contribution is 6.07. The van der Waals surface area contributed by atoms with Crippen LogP contribution < -0.4 is 14.8 Å². The lowest BCUT2D eigenvalue weighted by atomic mass is 9.84. The van der Waals surface area contributed by atoms with Gasteiger partial charge in [0.1, 0.15) is 5.54 Å². The van der Waals surface area contributed by atoms with Crippen LogP contribution in [0.3, 0.4) is 0 Å². The number of rotatable bonds is 7. The molecule has 3 amide bonds. The molecule has 2 aliphatic rings. The summed E-state index contributed by atoms with van der Waals surface area (Å²) in [7, 11) is 3.14. The maximum Gasteiger partial charge on any atom is 0.387 e. The van der Waals surface area contributed by atoms with E-state index in [1.165, 1.54) is 24.5 Å². The van der Waals surface area contributed by atoms with Gasteiger partial charge in [-0.25, -0.2) is 9.69 Å². The van der Waals surface area contributed by atoms with Crippen molar-refractivity contribution in [1.82, 2.24) is 15.1 Å². The average Bonchev–Trinajstić information content (AvgIpc) is 2.89. The number of ether oxygens (including phenoxy) is 2. The van der Waals surface area contributed by atoms with Gasteiger partial charge in [0.05, 0.1) is 13.8 Å². The number of carbonyl (C=O) groups excluding carboxylic acids is 2. The number of amides is 3. The van der Waals surface area contributed by atoms with Crippen molar-refractivity contribution in [3.8, 4) is 11.5 Å². The van der Waals surface area contributed by atoms with Gasteiger partial charge in [-0.3, -0.25) is 9.69 Å². The summed E-state index contributed by atoms with van der Waals surface area (Å²) in [5, 5.41) is 2.94. The highest BCUT2D eigenvalue weighted by Crippen LogP contribution is 2.33. The summed E-state index contributed by atoms with van der Waals surface area (Å²) in [5.41, 5.74) is -0.0850. The highest BCUT2D eigenvalue weighted by Gasteiger charge is 2.50. The van der Waals surface area contributed by atoms with Crippen LogP contribution in [0.1, 0.15) is 50.5 Å². The molecule has 0 aromatic heterocycles. The van der Waals surface area contributed by atoms with Gasteiger partial charge in [0.15, 0.2) is 11.5 Å². The van der Waals surface area contributed by atoms with Crippen LogP contribution in [0.25, 0.3) is 0 Å². The molecule has 30 heavy (non-hydrogen) atoms. The van der Waals surface area contributed by atoms with E-state index in [1.54, 1.807) is 24.1 Å². The zero-order valence-electron chi connectivity index (χ0n) is 17.5. The van der Waals surface area contributed by atoms with E-state index in [9.17, 15) is 18.4 Å². The molecule has 3 rings (SSSR count). The molecule has 1 saturated carbocycles. The Balaban J connectivity index is 1.66. The van der Waals surface area contributed by atoms with Crippen LogP contribution >= 0.6 is 0 Å². The second-order valence-corrected chi connectivity index (χ2v) is 8.03. The Hall–Kier alpha value is -2.42. The molecule has 0 atom stereocenters. The third-order valence-corrected chi connectivity index (χ3v) is 5.73. The van der Waals surface area contributed by atoms with Crippen molar-refractivity contribution in [1.29, 1.82) is 0 Å². The van der Waals surface area contributed by atoms with Crippen molar-refractivity contribution in [3.05, 3.63) is 23.8 Å². The first-order chi connectivity index (χ1) is 14.3. The lowest BCUT2D eigenvalue weighted by Crippen LogP contribution is -2.48. The molecule has 0 radical (unpaired) electrons. The highest BCUT2D eigenvalue weighted by atomic mass is 19.3. The number of hydrogen-bond acceptors (Lipinski definition) is 5. The minimum atomic E-state index is -2.96. The van der Waals surface area contributed by atoms with Gasteiger partial charge in [0.25, 0.3) is 5.91 Å². The Morgan fingerprint density at radius 1 is 1.13 bits per heavy atom. The number of benzene rings is 1. The monoisotopic (exact) mass is 425 g/mol. The number of nitrogens with zero attached hydrogens (tertiary/aromatic N) is 2. The number of carbonyl (C=O) groups is 2. The Morgan fingerprint density at radius 2 is 1.80 bits per heavy atom. The molecule has 2 fully saturated rings. The summed E-state index contributed by atoms with van der Waals surface area (Å²) < 4.78 is 34.8. The molecular formula is C21H29F2N3O4. The van der Waals surface area contributed by atoms with Crippen molar-refractivity contribution in [2.45, 2.75) is 63.6 Å².